The maximum atomic E-state index is 11.1. The van der Waals surface area contributed by atoms with Gasteiger partial charge in [-0.05, 0) is 186 Å². The molecule has 8 saturated carbocycles. The van der Waals surface area contributed by atoms with E-state index >= 15 is 0 Å². The lowest BCUT2D eigenvalue weighted by atomic mass is 9.43. The van der Waals surface area contributed by atoms with E-state index in [1.165, 1.54) is 57.8 Å². The Balaban J connectivity index is 0.000000148. The van der Waals surface area contributed by atoms with Gasteiger partial charge in [0.15, 0.2) is 5.79 Å². The predicted octanol–water partition coefficient (Wildman–Crippen LogP) is 8.43. The van der Waals surface area contributed by atoms with Crippen LogP contribution in [0.4, 0.5) is 0 Å². The minimum Gasteiger partial charge on any atom is -0.393 e. The van der Waals surface area contributed by atoms with Gasteiger partial charge in [0.25, 0.3) is 0 Å². The van der Waals surface area contributed by atoms with Crippen LogP contribution in [0.25, 0.3) is 0 Å². The molecule has 1 aliphatic heterocycles. The highest BCUT2D eigenvalue weighted by atomic mass is 16.8. The highest BCUT2D eigenvalue weighted by Gasteiger charge is 2.68. The van der Waals surface area contributed by atoms with Crippen molar-refractivity contribution < 1.29 is 29.9 Å². The first kappa shape index (κ1) is 37.4. The first-order valence-corrected chi connectivity index (χ1v) is 21.8. The Morgan fingerprint density at radius 1 is 0.588 bits per heavy atom. The monoisotopic (exact) mass is 711 g/mol. The van der Waals surface area contributed by atoms with Crippen LogP contribution in [0.5, 0.6) is 0 Å². The van der Waals surface area contributed by atoms with Crippen LogP contribution in [0, 0.1) is 74.9 Å². The molecule has 19 atom stereocenters. The molecule has 4 N–H and O–H groups in total. The van der Waals surface area contributed by atoms with Crippen molar-refractivity contribution >= 4 is 0 Å². The molecule has 8 aliphatic carbocycles. The molecular formula is C45H74O6. The number of hydrogen-bond donors (Lipinski definition) is 4. The fourth-order valence-corrected chi connectivity index (χ4v) is 16.5. The lowest BCUT2D eigenvalue weighted by molar-refractivity contribution is -0.222. The summed E-state index contributed by atoms with van der Waals surface area (Å²) < 4.78 is 13.2. The van der Waals surface area contributed by atoms with Crippen LogP contribution >= 0.6 is 0 Å². The Morgan fingerprint density at radius 2 is 1.16 bits per heavy atom. The fourth-order valence-electron chi connectivity index (χ4n) is 16.5. The van der Waals surface area contributed by atoms with Gasteiger partial charge < -0.3 is 29.9 Å². The molecule has 6 heteroatoms. The Hall–Kier alpha value is -0.500. The smallest absolute Gasteiger partial charge is 0.163 e. The summed E-state index contributed by atoms with van der Waals surface area (Å²) in [6, 6.07) is 0. The molecule has 9 fully saturated rings. The van der Waals surface area contributed by atoms with E-state index in [9.17, 15) is 20.4 Å². The van der Waals surface area contributed by atoms with Gasteiger partial charge >= 0.3 is 0 Å². The number of hydrogen-bond acceptors (Lipinski definition) is 6. The van der Waals surface area contributed by atoms with Crippen LogP contribution in [-0.4, -0.2) is 62.8 Å². The normalized spacial score (nSPS) is 58.9. The zero-order chi connectivity index (χ0) is 36.5. The average molecular weight is 711 g/mol. The lowest BCUT2D eigenvalue weighted by Gasteiger charge is -2.63. The average Bonchev–Trinajstić information content (AvgIpc) is 3.73. The summed E-state index contributed by atoms with van der Waals surface area (Å²) in [6.07, 6.45) is 18.0. The van der Waals surface area contributed by atoms with E-state index in [1.807, 2.05) is 0 Å². The van der Waals surface area contributed by atoms with Crippen LogP contribution in [0.1, 0.15) is 152 Å². The summed E-state index contributed by atoms with van der Waals surface area (Å²) in [7, 11) is 0. The number of allylic oxidation sites excluding steroid dienone is 2. The number of aliphatic hydroxyl groups excluding tert-OH is 4. The van der Waals surface area contributed by atoms with Crippen molar-refractivity contribution in [2.45, 2.75) is 194 Å². The van der Waals surface area contributed by atoms with Gasteiger partial charge in [0, 0.05) is 0 Å². The molecule has 0 radical (unpaired) electrons. The molecule has 0 amide bonds. The maximum absolute atomic E-state index is 11.1. The zero-order valence-electron chi connectivity index (χ0n) is 33.4. The fraction of sp³-hybridized carbons (Fsp3) is 0.956. The number of rotatable bonds is 1. The maximum Gasteiger partial charge on any atom is 0.163 e. The van der Waals surface area contributed by atoms with Gasteiger partial charge in [0.05, 0.1) is 36.6 Å². The number of aliphatic hydroxyl groups is 4. The summed E-state index contributed by atoms with van der Waals surface area (Å²) in [6.45, 7) is 18.6. The second-order valence-electron chi connectivity index (χ2n) is 21.2. The van der Waals surface area contributed by atoms with E-state index in [1.54, 1.807) is 5.57 Å². The molecule has 1 saturated heterocycles. The highest BCUT2D eigenvalue weighted by Crippen LogP contribution is 2.70. The van der Waals surface area contributed by atoms with Crippen molar-refractivity contribution in [3.8, 4) is 0 Å². The molecule has 9 rings (SSSR count). The van der Waals surface area contributed by atoms with Gasteiger partial charge in [-0.15, -0.1) is 0 Å². The number of ether oxygens (including phenoxy) is 2. The lowest BCUT2D eigenvalue weighted by Crippen LogP contribution is -2.64. The summed E-state index contributed by atoms with van der Waals surface area (Å²) >= 11 is 0. The van der Waals surface area contributed by atoms with Gasteiger partial charge in [-0.3, -0.25) is 0 Å². The molecule has 0 spiro atoms. The van der Waals surface area contributed by atoms with Crippen LogP contribution in [0.2, 0.25) is 0 Å². The van der Waals surface area contributed by atoms with E-state index in [0.29, 0.717) is 46.8 Å². The van der Waals surface area contributed by atoms with E-state index in [2.05, 4.69) is 61.5 Å². The number of fused-ring (bicyclic) bond motifs is 13. The van der Waals surface area contributed by atoms with Crippen molar-refractivity contribution in [2.75, 3.05) is 0 Å². The van der Waals surface area contributed by atoms with E-state index in [-0.39, 0.29) is 47.1 Å². The third-order valence-corrected chi connectivity index (χ3v) is 19.1. The summed E-state index contributed by atoms with van der Waals surface area (Å²) in [4.78, 5) is 0. The Labute approximate surface area is 309 Å². The van der Waals surface area contributed by atoms with E-state index < -0.39 is 18.0 Å². The van der Waals surface area contributed by atoms with Gasteiger partial charge in [-0.25, -0.2) is 0 Å². The van der Waals surface area contributed by atoms with E-state index in [0.717, 1.165) is 43.9 Å². The van der Waals surface area contributed by atoms with Gasteiger partial charge in [-0.2, -0.15) is 0 Å². The molecule has 6 nitrogen and oxygen atoms in total. The molecule has 0 aromatic rings. The second kappa shape index (κ2) is 12.8. The minimum atomic E-state index is -0.658. The Kier molecular flexibility index (Phi) is 9.37. The van der Waals surface area contributed by atoms with Crippen LogP contribution in [-0.2, 0) is 9.47 Å². The van der Waals surface area contributed by atoms with Crippen LogP contribution < -0.4 is 0 Å². The van der Waals surface area contributed by atoms with Gasteiger partial charge in [-0.1, -0.05) is 52.7 Å². The molecule has 0 aromatic heterocycles. The standard InChI is InChI=1S/C24H38O3.C21H36O3/c1-6-14-7-8-16-19-17(10-12-23(14,16)4)24(5)11-9-15(25)13-18(24)20-21(19)27-22(2,3)26-20;1-4-12-5-6-14-17-15(8-10-20(12,14)2)21(3)9-7-13(22)11-16(21)18(23)19(17)24/h6,15-21,25H,7-13H2,1-5H3;12-19,22-24H,4-11H2,1-3H3/b14-6-;/t15-,16?,17?,18?,19?,20+,21+,23+,24+;12-,13-,14?,15?,16?,17?,18+,19+,20+,21+/m00/s1. The third-order valence-electron chi connectivity index (χ3n) is 19.1. The van der Waals surface area contributed by atoms with Crippen molar-refractivity contribution in [3.05, 3.63) is 11.6 Å². The molecule has 1 heterocycles. The first-order valence-electron chi connectivity index (χ1n) is 21.8. The molecule has 9 aliphatic rings. The van der Waals surface area contributed by atoms with Crippen LogP contribution in [0.15, 0.2) is 11.6 Å². The largest absolute Gasteiger partial charge is 0.393 e. The minimum absolute atomic E-state index is 0.0604. The zero-order valence-corrected chi connectivity index (χ0v) is 33.4. The molecule has 51 heavy (non-hydrogen) atoms. The Morgan fingerprint density at radius 3 is 1.82 bits per heavy atom. The first-order chi connectivity index (χ1) is 24.0. The predicted molar refractivity (Wildman–Crippen MR) is 200 cm³/mol. The summed E-state index contributed by atoms with van der Waals surface area (Å²) in [5, 5.41) is 42.7. The van der Waals surface area contributed by atoms with Crippen molar-refractivity contribution in [3.63, 3.8) is 0 Å². The summed E-state index contributed by atoms with van der Waals surface area (Å²) in [5.74, 6) is 4.15. The topological polar surface area (TPSA) is 99.4 Å². The third kappa shape index (κ3) is 5.42. The van der Waals surface area contributed by atoms with Crippen LogP contribution in [0.3, 0.4) is 0 Å². The molecular weight excluding hydrogens is 636 g/mol. The van der Waals surface area contributed by atoms with E-state index in [4.69, 9.17) is 9.47 Å². The highest BCUT2D eigenvalue weighted by molar-refractivity contribution is 5.25. The second-order valence-corrected chi connectivity index (χ2v) is 21.2. The molecule has 8 unspecified atom stereocenters. The van der Waals surface area contributed by atoms with Gasteiger partial charge in [0.2, 0.25) is 0 Å². The summed E-state index contributed by atoms with van der Waals surface area (Å²) in [5.41, 5.74) is 2.78. The van der Waals surface area contributed by atoms with Crippen molar-refractivity contribution in [1.29, 1.82) is 0 Å². The molecule has 0 bridgehead atoms. The van der Waals surface area contributed by atoms with Gasteiger partial charge in [0.1, 0.15) is 0 Å². The van der Waals surface area contributed by atoms with Crippen molar-refractivity contribution in [2.24, 2.45) is 74.9 Å². The Bertz CT molecular complexity index is 1350. The molecule has 290 valence electrons. The SMILES string of the molecule is C/C=C1/CCC2C3C(CC[C@]12C)[C@@]1(C)CC[C@H](O)CC1[C@H]1OC(C)(C)O[C@H]31.CC[C@H]1CCC2C3C(CC[C@@]21C)[C@@]1(C)CC[C@H](O)CC1[C@@H](O)[C@@H]3O. The quantitative estimate of drug-likeness (QED) is 0.204. The molecule has 0 aromatic carbocycles. The van der Waals surface area contributed by atoms with Crippen molar-refractivity contribution in [1.82, 2.24) is 0 Å².